The lowest BCUT2D eigenvalue weighted by Gasteiger charge is -2.41. The number of rotatable bonds is 13. The standard InChI is InChI=1S/C20H36O12S2/c21-7-10-13(25)15(27)17(29)19(31-10)33-6-5-9(3-1-2-4-12(23)24)34-20-18(30)16(28)14(26)11(8-22)32-20/h9-11,13-22,25-30H,1-8H2,(H,23,24)/t9?,10-,11-,13+,14+,15+,16+,17-,18-,19+,20+/m1/s1. The minimum atomic E-state index is -1.50. The van der Waals surface area contributed by atoms with Gasteiger partial charge in [-0.15, -0.1) is 23.5 Å². The lowest BCUT2D eigenvalue weighted by molar-refractivity contribution is -0.205. The maximum atomic E-state index is 10.8. The summed E-state index contributed by atoms with van der Waals surface area (Å²) in [5.41, 5.74) is -1.82. The Morgan fingerprint density at radius 2 is 1.26 bits per heavy atom. The molecule has 0 aromatic heterocycles. The van der Waals surface area contributed by atoms with Crippen LogP contribution in [-0.2, 0) is 14.3 Å². The van der Waals surface area contributed by atoms with E-state index in [0.29, 0.717) is 31.4 Å². The van der Waals surface area contributed by atoms with Crippen molar-refractivity contribution in [2.45, 2.75) is 97.1 Å². The van der Waals surface area contributed by atoms with E-state index in [1.54, 1.807) is 0 Å². The van der Waals surface area contributed by atoms with Crippen LogP contribution in [-0.4, -0.2) is 136 Å². The van der Waals surface area contributed by atoms with E-state index in [4.69, 9.17) is 14.6 Å². The van der Waals surface area contributed by atoms with Gasteiger partial charge in [0.1, 0.15) is 59.7 Å². The minimum Gasteiger partial charge on any atom is -0.481 e. The summed E-state index contributed by atoms with van der Waals surface area (Å²) < 4.78 is 11.1. The first kappa shape index (κ1) is 30.0. The van der Waals surface area contributed by atoms with Gasteiger partial charge in [-0.25, -0.2) is 0 Å². The highest BCUT2D eigenvalue weighted by Crippen LogP contribution is 2.36. The number of ether oxygens (including phenoxy) is 2. The average Bonchev–Trinajstić information content (AvgIpc) is 2.81. The number of hydrogen-bond donors (Lipinski definition) is 9. The van der Waals surface area contributed by atoms with E-state index in [1.807, 2.05) is 0 Å². The van der Waals surface area contributed by atoms with Gasteiger partial charge < -0.3 is 55.4 Å². The zero-order valence-electron chi connectivity index (χ0n) is 18.6. The van der Waals surface area contributed by atoms with E-state index in [2.05, 4.69) is 0 Å². The van der Waals surface area contributed by atoms with Gasteiger partial charge in [0.15, 0.2) is 0 Å². The van der Waals surface area contributed by atoms with Gasteiger partial charge >= 0.3 is 5.97 Å². The quantitative estimate of drug-likeness (QED) is 0.112. The number of aliphatic hydroxyl groups is 8. The number of hydrogen-bond acceptors (Lipinski definition) is 13. The Kier molecular flexibility index (Phi) is 12.8. The molecule has 14 heteroatoms. The molecule has 0 aliphatic carbocycles. The number of carboxylic acids is 1. The van der Waals surface area contributed by atoms with Gasteiger partial charge in [0.05, 0.1) is 13.2 Å². The molecule has 200 valence electrons. The van der Waals surface area contributed by atoms with Crippen LogP contribution in [0.3, 0.4) is 0 Å². The van der Waals surface area contributed by atoms with E-state index in [1.165, 1.54) is 23.5 Å². The summed E-state index contributed by atoms with van der Waals surface area (Å²) in [6, 6.07) is 0. The third-order valence-corrected chi connectivity index (χ3v) is 8.62. The van der Waals surface area contributed by atoms with Crippen LogP contribution in [0.1, 0.15) is 32.1 Å². The van der Waals surface area contributed by atoms with Crippen molar-refractivity contribution in [3.05, 3.63) is 0 Å². The second kappa shape index (κ2) is 14.5. The largest absolute Gasteiger partial charge is 0.481 e. The summed E-state index contributed by atoms with van der Waals surface area (Å²) in [5, 5.41) is 87.8. The first-order chi connectivity index (χ1) is 16.1. The van der Waals surface area contributed by atoms with Crippen molar-refractivity contribution in [1.82, 2.24) is 0 Å². The molecule has 12 nitrogen and oxygen atoms in total. The monoisotopic (exact) mass is 532 g/mol. The van der Waals surface area contributed by atoms with Crippen molar-refractivity contribution in [2.24, 2.45) is 0 Å². The molecule has 1 unspecified atom stereocenters. The first-order valence-electron chi connectivity index (χ1n) is 11.2. The predicted octanol–water partition coefficient (Wildman–Crippen LogP) is -2.54. The van der Waals surface area contributed by atoms with Gasteiger partial charge in [0.25, 0.3) is 0 Å². The molecule has 2 rings (SSSR count). The van der Waals surface area contributed by atoms with Crippen molar-refractivity contribution in [1.29, 1.82) is 0 Å². The summed E-state index contributed by atoms with van der Waals surface area (Å²) in [4.78, 5) is 10.8. The summed E-state index contributed by atoms with van der Waals surface area (Å²) >= 11 is 2.38. The number of carbonyl (C=O) groups is 1. The highest BCUT2D eigenvalue weighted by Gasteiger charge is 2.45. The predicted molar refractivity (Wildman–Crippen MR) is 122 cm³/mol. The Bertz CT molecular complexity index is 612. The number of aliphatic hydroxyl groups excluding tert-OH is 8. The molecular formula is C20H36O12S2. The van der Waals surface area contributed by atoms with Gasteiger partial charge in [-0.1, -0.05) is 6.42 Å². The molecule has 2 heterocycles. The SMILES string of the molecule is O=C(O)CCCCC(CCS[C@@H]1O[C@H](CO)[C@H](O)[C@H](O)[C@H]1O)S[C@@H]1O[C@H](CO)[C@H](O)[C@H](O)[C@H]1O. The van der Waals surface area contributed by atoms with Crippen LogP contribution in [0, 0.1) is 0 Å². The van der Waals surface area contributed by atoms with Crippen LogP contribution in [0.2, 0.25) is 0 Å². The molecule has 9 N–H and O–H groups in total. The fourth-order valence-corrected chi connectivity index (χ4v) is 6.67. The van der Waals surface area contributed by atoms with Crippen molar-refractivity contribution >= 4 is 29.5 Å². The molecule has 2 aliphatic rings. The lowest BCUT2D eigenvalue weighted by atomic mass is 10.0. The van der Waals surface area contributed by atoms with Crippen molar-refractivity contribution in [2.75, 3.05) is 19.0 Å². The highest BCUT2D eigenvalue weighted by atomic mass is 32.2. The Hall–Kier alpha value is -0.230. The van der Waals surface area contributed by atoms with Gasteiger partial charge in [-0.3, -0.25) is 4.79 Å². The third kappa shape index (κ3) is 8.15. The molecule has 0 radical (unpaired) electrons. The second-order valence-corrected chi connectivity index (χ2v) is 11.1. The molecule has 2 fully saturated rings. The fraction of sp³-hybridized carbons (Fsp3) is 0.950. The number of carboxylic acid groups (broad SMARTS) is 1. The van der Waals surface area contributed by atoms with Gasteiger partial charge in [-0.05, 0) is 25.0 Å². The zero-order chi connectivity index (χ0) is 25.4. The van der Waals surface area contributed by atoms with Gasteiger partial charge in [-0.2, -0.15) is 0 Å². The third-order valence-electron chi connectivity index (χ3n) is 5.91. The molecule has 0 aromatic rings. The number of thioether (sulfide) groups is 2. The molecule has 0 bridgehead atoms. The van der Waals surface area contributed by atoms with E-state index < -0.39 is 78.9 Å². The second-order valence-electron chi connectivity index (χ2n) is 8.45. The summed E-state index contributed by atoms with van der Waals surface area (Å²) in [7, 11) is 0. The zero-order valence-corrected chi connectivity index (χ0v) is 20.2. The lowest BCUT2D eigenvalue weighted by Crippen LogP contribution is -2.57. The van der Waals surface area contributed by atoms with Crippen LogP contribution < -0.4 is 0 Å². The van der Waals surface area contributed by atoms with Crippen molar-refractivity contribution < 1.29 is 60.2 Å². The van der Waals surface area contributed by atoms with E-state index in [0.717, 1.165) is 0 Å². The van der Waals surface area contributed by atoms with Crippen LogP contribution in [0.25, 0.3) is 0 Å². The maximum Gasteiger partial charge on any atom is 0.303 e. The highest BCUT2D eigenvalue weighted by molar-refractivity contribution is 8.01. The van der Waals surface area contributed by atoms with Crippen molar-refractivity contribution in [3.63, 3.8) is 0 Å². The Labute approximate surface area is 205 Å². The molecule has 34 heavy (non-hydrogen) atoms. The topological polar surface area (TPSA) is 218 Å². The van der Waals surface area contributed by atoms with Crippen LogP contribution in [0.5, 0.6) is 0 Å². The molecule has 2 aliphatic heterocycles. The fourth-order valence-electron chi connectivity index (χ4n) is 3.82. The Morgan fingerprint density at radius 3 is 1.79 bits per heavy atom. The van der Waals surface area contributed by atoms with Gasteiger partial charge in [0.2, 0.25) is 0 Å². The molecule has 11 atom stereocenters. The first-order valence-corrected chi connectivity index (χ1v) is 13.2. The molecule has 0 amide bonds. The molecule has 2 saturated heterocycles. The van der Waals surface area contributed by atoms with Gasteiger partial charge in [0, 0.05) is 11.7 Å². The Balaban J connectivity index is 1.96. The number of aliphatic carboxylic acids is 1. The van der Waals surface area contributed by atoms with Crippen LogP contribution in [0.15, 0.2) is 0 Å². The van der Waals surface area contributed by atoms with Crippen LogP contribution in [0.4, 0.5) is 0 Å². The summed E-state index contributed by atoms with van der Waals surface area (Å²) in [6.45, 7) is -1.07. The molecular weight excluding hydrogens is 496 g/mol. The minimum absolute atomic E-state index is 0.0110. The van der Waals surface area contributed by atoms with Crippen LogP contribution >= 0.6 is 23.5 Å². The number of unbranched alkanes of at least 4 members (excludes halogenated alkanes) is 1. The van der Waals surface area contributed by atoms with E-state index in [9.17, 15) is 45.6 Å². The summed E-state index contributed by atoms with van der Waals surface area (Å²) in [5.74, 6) is -0.493. The summed E-state index contributed by atoms with van der Waals surface area (Å²) in [6.07, 6.45) is -8.61. The Morgan fingerprint density at radius 1 is 0.735 bits per heavy atom. The van der Waals surface area contributed by atoms with E-state index >= 15 is 0 Å². The van der Waals surface area contributed by atoms with E-state index in [-0.39, 0.29) is 11.7 Å². The molecule has 0 spiro atoms. The average molecular weight is 533 g/mol. The van der Waals surface area contributed by atoms with Crippen molar-refractivity contribution in [3.8, 4) is 0 Å². The molecule has 0 aromatic carbocycles. The maximum absolute atomic E-state index is 10.8. The normalized spacial score (nSPS) is 39.6. The molecule has 0 saturated carbocycles. The smallest absolute Gasteiger partial charge is 0.303 e.